The van der Waals surface area contributed by atoms with Gasteiger partial charge in [-0.3, -0.25) is 4.79 Å². The van der Waals surface area contributed by atoms with Gasteiger partial charge in [0.15, 0.2) is 0 Å². The van der Waals surface area contributed by atoms with E-state index in [0.717, 1.165) is 11.3 Å². The van der Waals surface area contributed by atoms with E-state index in [1.165, 1.54) is 0 Å². The van der Waals surface area contributed by atoms with Crippen LogP contribution in [0.4, 0.5) is 11.5 Å². The van der Waals surface area contributed by atoms with Gasteiger partial charge in [0.05, 0.1) is 0 Å². The van der Waals surface area contributed by atoms with E-state index in [0.29, 0.717) is 23.2 Å². The molecule has 2 N–H and O–H groups in total. The standard InChI is InChI=1S/C20H19ClN4O/c1-14-22-18(21)13-19(23-14)25-17(12-15-8-4-2-5-9-15)20(26)24-16-10-6-3-7-11-16/h2-11,13,17H,12H2,1H3,(H,24,26)(H,22,23,25)/t17-/m1/s1. The summed E-state index contributed by atoms with van der Waals surface area (Å²) in [4.78, 5) is 21.2. The Morgan fingerprint density at radius 1 is 1.04 bits per heavy atom. The smallest absolute Gasteiger partial charge is 0.247 e. The van der Waals surface area contributed by atoms with E-state index in [4.69, 9.17) is 11.6 Å². The van der Waals surface area contributed by atoms with E-state index in [-0.39, 0.29) is 5.91 Å². The summed E-state index contributed by atoms with van der Waals surface area (Å²) < 4.78 is 0. The highest BCUT2D eigenvalue weighted by atomic mass is 35.5. The second-order valence-corrected chi connectivity index (χ2v) is 6.25. The average molecular weight is 367 g/mol. The van der Waals surface area contributed by atoms with Crippen molar-refractivity contribution in [1.29, 1.82) is 0 Å². The summed E-state index contributed by atoms with van der Waals surface area (Å²) >= 11 is 6.01. The van der Waals surface area contributed by atoms with Crippen molar-refractivity contribution in [2.75, 3.05) is 10.6 Å². The molecule has 5 nitrogen and oxygen atoms in total. The van der Waals surface area contributed by atoms with E-state index in [1.807, 2.05) is 60.7 Å². The summed E-state index contributed by atoms with van der Waals surface area (Å²) in [6, 6.07) is 20.3. The van der Waals surface area contributed by atoms with E-state index in [1.54, 1.807) is 13.0 Å². The molecule has 6 heteroatoms. The van der Waals surface area contributed by atoms with Crippen LogP contribution in [0.5, 0.6) is 0 Å². The van der Waals surface area contributed by atoms with Gasteiger partial charge in [0.25, 0.3) is 0 Å². The Bertz CT molecular complexity index is 851. The van der Waals surface area contributed by atoms with Crippen molar-refractivity contribution in [3.05, 3.63) is 83.3 Å². The number of amides is 1. The van der Waals surface area contributed by atoms with Crippen molar-refractivity contribution < 1.29 is 4.79 Å². The van der Waals surface area contributed by atoms with Crippen LogP contribution in [-0.2, 0) is 11.2 Å². The van der Waals surface area contributed by atoms with Crippen LogP contribution in [0, 0.1) is 6.92 Å². The topological polar surface area (TPSA) is 66.9 Å². The van der Waals surface area contributed by atoms with Crippen molar-refractivity contribution in [2.45, 2.75) is 19.4 Å². The molecule has 1 atom stereocenters. The molecule has 0 saturated heterocycles. The number of benzene rings is 2. The zero-order valence-corrected chi connectivity index (χ0v) is 15.1. The molecule has 0 fully saturated rings. The molecule has 0 spiro atoms. The van der Waals surface area contributed by atoms with Crippen LogP contribution in [0.15, 0.2) is 66.7 Å². The lowest BCUT2D eigenvalue weighted by Gasteiger charge is -2.19. The van der Waals surface area contributed by atoms with Crippen molar-refractivity contribution in [3.8, 4) is 0 Å². The largest absolute Gasteiger partial charge is 0.358 e. The minimum atomic E-state index is -0.511. The third-order valence-electron chi connectivity index (χ3n) is 3.77. The van der Waals surface area contributed by atoms with Gasteiger partial charge in [0, 0.05) is 18.2 Å². The van der Waals surface area contributed by atoms with Crippen LogP contribution in [-0.4, -0.2) is 21.9 Å². The number of para-hydroxylation sites is 1. The molecule has 1 aromatic heterocycles. The third kappa shape index (κ3) is 5.04. The zero-order chi connectivity index (χ0) is 18.4. The first-order valence-corrected chi connectivity index (χ1v) is 8.65. The highest BCUT2D eigenvalue weighted by Gasteiger charge is 2.20. The molecule has 3 rings (SSSR count). The number of halogens is 1. The molecule has 1 heterocycles. The molecular weight excluding hydrogens is 348 g/mol. The van der Waals surface area contributed by atoms with Crippen LogP contribution in [0.1, 0.15) is 11.4 Å². The molecular formula is C20H19ClN4O. The van der Waals surface area contributed by atoms with E-state index in [2.05, 4.69) is 20.6 Å². The lowest BCUT2D eigenvalue weighted by Crippen LogP contribution is -2.37. The number of carbonyl (C=O) groups is 1. The minimum absolute atomic E-state index is 0.146. The van der Waals surface area contributed by atoms with Crippen LogP contribution in [0.25, 0.3) is 0 Å². The lowest BCUT2D eigenvalue weighted by molar-refractivity contribution is -0.116. The van der Waals surface area contributed by atoms with E-state index in [9.17, 15) is 4.79 Å². The summed E-state index contributed by atoms with van der Waals surface area (Å²) in [6.45, 7) is 1.76. The Morgan fingerprint density at radius 2 is 1.69 bits per heavy atom. The predicted octanol–water partition coefficient (Wildman–Crippen LogP) is 4.10. The van der Waals surface area contributed by atoms with Gasteiger partial charge in [0.1, 0.15) is 22.8 Å². The lowest BCUT2D eigenvalue weighted by atomic mass is 10.1. The van der Waals surface area contributed by atoms with Crippen molar-refractivity contribution in [3.63, 3.8) is 0 Å². The second-order valence-electron chi connectivity index (χ2n) is 5.87. The number of nitrogens with one attached hydrogen (secondary N) is 2. The number of nitrogens with zero attached hydrogens (tertiary/aromatic N) is 2. The first-order chi connectivity index (χ1) is 12.6. The van der Waals surface area contributed by atoms with Crippen molar-refractivity contribution in [2.24, 2.45) is 0 Å². The highest BCUT2D eigenvalue weighted by molar-refractivity contribution is 6.29. The average Bonchev–Trinajstić information content (AvgIpc) is 2.62. The van der Waals surface area contributed by atoms with E-state index < -0.39 is 6.04 Å². The van der Waals surface area contributed by atoms with Gasteiger partial charge in [-0.15, -0.1) is 0 Å². The van der Waals surface area contributed by atoms with Crippen molar-refractivity contribution >= 4 is 29.0 Å². The Kier molecular flexibility index (Phi) is 5.81. The number of carbonyl (C=O) groups excluding carboxylic acids is 1. The fraction of sp³-hybridized carbons (Fsp3) is 0.150. The molecule has 132 valence electrons. The highest BCUT2D eigenvalue weighted by Crippen LogP contribution is 2.15. The first kappa shape index (κ1) is 17.9. The van der Waals surface area contributed by atoms with Gasteiger partial charge in [-0.25, -0.2) is 9.97 Å². The van der Waals surface area contributed by atoms with Gasteiger partial charge in [-0.05, 0) is 24.6 Å². The number of hydrogen-bond donors (Lipinski definition) is 2. The molecule has 3 aromatic rings. The Labute approximate surface area is 157 Å². The van der Waals surface area contributed by atoms with Crippen LogP contribution in [0.2, 0.25) is 5.15 Å². The molecule has 0 bridgehead atoms. The van der Waals surface area contributed by atoms with Gasteiger partial charge >= 0.3 is 0 Å². The summed E-state index contributed by atoms with van der Waals surface area (Å²) in [5, 5.41) is 6.45. The maximum absolute atomic E-state index is 12.8. The molecule has 0 radical (unpaired) electrons. The Balaban J connectivity index is 1.81. The van der Waals surface area contributed by atoms with E-state index >= 15 is 0 Å². The number of aromatic nitrogens is 2. The molecule has 0 aliphatic heterocycles. The summed E-state index contributed by atoms with van der Waals surface area (Å²) in [6.07, 6.45) is 0.514. The first-order valence-electron chi connectivity index (χ1n) is 8.28. The summed E-state index contributed by atoms with van der Waals surface area (Å²) in [5.41, 5.74) is 1.79. The predicted molar refractivity (Wildman–Crippen MR) is 104 cm³/mol. The molecule has 0 aliphatic carbocycles. The van der Waals surface area contributed by atoms with Gasteiger partial charge in [-0.2, -0.15) is 0 Å². The van der Waals surface area contributed by atoms with Crippen LogP contribution in [0.3, 0.4) is 0 Å². The molecule has 0 aliphatic rings. The minimum Gasteiger partial charge on any atom is -0.358 e. The molecule has 2 aromatic carbocycles. The monoisotopic (exact) mass is 366 g/mol. The van der Waals surface area contributed by atoms with Crippen LogP contribution < -0.4 is 10.6 Å². The van der Waals surface area contributed by atoms with Gasteiger partial charge in [0.2, 0.25) is 5.91 Å². The summed E-state index contributed by atoms with van der Waals surface area (Å²) in [7, 11) is 0. The Morgan fingerprint density at radius 3 is 2.35 bits per heavy atom. The molecule has 0 saturated carbocycles. The zero-order valence-electron chi connectivity index (χ0n) is 14.3. The van der Waals surface area contributed by atoms with Crippen molar-refractivity contribution in [1.82, 2.24) is 9.97 Å². The Hall–Kier alpha value is -2.92. The maximum Gasteiger partial charge on any atom is 0.247 e. The fourth-order valence-electron chi connectivity index (χ4n) is 2.59. The molecule has 0 unspecified atom stereocenters. The second kappa shape index (κ2) is 8.45. The van der Waals surface area contributed by atoms with Gasteiger partial charge in [-0.1, -0.05) is 60.1 Å². The number of anilines is 2. The van der Waals surface area contributed by atoms with Gasteiger partial charge < -0.3 is 10.6 Å². The molecule has 1 amide bonds. The normalized spacial score (nSPS) is 11.6. The number of aryl methyl sites for hydroxylation is 1. The maximum atomic E-state index is 12.8. The summed E-state index contributed by atoms with van der Waals surface area (Å²) in [5.74, 6) is 0.918. The fourth-order valence-corrected chi connectivity index (χ4v) is 2.82. The molecule has 26 heavy (non-hydrogen) atoms. The SMILES string of the molecule is Cc1nc(Cl)cc(N[C@H](Cc2ccccc2)C(=O)Nc2ccccc2)n1. The number of rotatable bonds is 6. The van der Waals surface area contributed by atoms with Crippen LogP contribution >= 0.6 is 11.6 Å². The quantitative estimate of drug-likeness (QED) is 0.644. The third-order valence-corrected chi connectivity index (χ3v) is 3.96. The number of hydrogen-bond acceptors (Lipinski definition) is 4.